The Morgan fingerprint density at radius 3 is 2.89 bits per heavy atom. The number of halogens is 1. The van der Waals surface area contributed by atoms with E-state index in [2.05, 4.69) is 5.10 Å². The standard InChI is InChI=1S/C18H20ClN3O5/c1-9(2)13-7-22-16(12-5-14(23)11(18(24)25)6-21(12)13)15(19)17(20-22)27-10-3-4-26-8-10/h5-6,9-10,13H,3-4,7-8H2,1-2H3,(H,24,25)/t10-,13-/m0/s1. The summed E-state index contributed by atoms with van der Waals surface area (Å²) in [6.45, 7) is 5.71. The van der Waals surface area contributed by atoms with Crippen molar-refractivity contribution in [1.82, 2.24) is 14.3 Å². The first-order valence-electron chi connectivity index (χ1n) is 8.87. The van der Waals surface area contributed by atoms with Crippen LogP contribution in [0.2, 0.25) is 5.02 Å². The molecule has 0 saturated carbocycles. The number of carboxylic acids is 1. The maximum absolute atomic E-state index is 12.3. The molecule has 0 bridgehead atoms. The number of hydrogen-bond acceptors (Lipinski definition) is 5. The lowest BCUT2D eigenvalue weighted by atomic mass is 10.00. The Labute approximate surface area is 160 Å². The van der Waals surface area contributed by atoms with Gasteiger partial charge in [0.2, 0.25) is 0 Å². The van der Waals surface area contributed by atoms with Gasteiger partial charge in [-0.15, -0.1) is 5.10 Å². The van der Waals surface area contributed by atoms with E-state index >= 15 is 0 Å². The van der Waals surface area contributed by atoms with Crippen LogP contribution in [0.25, 0.3) is 11.4 Å². The summed E-state index contributed by atoms with van der Waals surface area (Å²) in [5.41, 5.74) is 0.295. The van der Waals surface area contributed by atoms with Crippen LogP contribution >= 0.6 is 11.6 Å². The summed E-state index contributed by atoms with van der Waals surface area (Å²) in [4.78, 5) is 23.7. The topological polar surface area (TPSA) is 95.6 Å². The number of hydrogen-bond donors (Lipinski definition) is 1. The first-order chi connectivity index (χ1) is 12.9. The second-order valence-electron chi connectivity index (χ2n) is 7.21. The van der Waals surface area contributed by atoms with E-state index < -0.39 is 11.4 Å². The van der Waals surface area contributed by atoms with Crippen molar-refractivity contribution in [1.29, 1.82) is 0 Å². The van der Waals surface area contributed by atoms with Gasteiger partial charge in [-0.1, -0.05) is 25.4 Å². The summed E-state index contributed by atoms with van der Waals surface area (Å²) < 4.78 is 14.8. The summed E-state index contributed by atoms with van der Waals surface area (Å²) in [7, 11) is 0. The third-order valence-electron chi connectivity index (χ3n) is 5.07. The molecule has 2 aromatic heterocycles. The summed E-state index contributed by atoms with van der Waals surface area (Å²) in [5, 5.41) is 14.1. The minimum Gasteiger partial charge on any atom is -0.477 e. The van der Waals surface area contributed by atoms with Gasteiger partial charge in [0.25, 0.3) is 5.88 Å². The second-order valence-corrected chi connectivity index (χ2v) is 7.59. The number of carboxylic acid groups (broad SMARTS) is 1. The van der Waals surface area contributed by atoms with Crippen LogP contribution in [0.1, 0.15) is 36.7 Å². The second kappa shape index (κ2) is 6.69. The minimum absolute atomic E-state index is 0.0650. The van der Waals surface area contributed by atoms with Gasteiger partial charge in [0.15, 0.2) is 5.43 Å². The van der Waals surface area contributed by atoms with Gasteiger partial charge < -0.3 is 19.1 Å². The predicted molar refractivity (Wildman–Crippen MR) is 97.6 cm³/mol. The zero-order valence-electron chi connectivity index (χ0n) is 15.0. The van der Waals surface area contributed by atoms with E-state index in [4.69, 9.17) is 21.1 Å². The summed E-state index contributed by atoms with van der Waals surface area (Å²) in [6, 6.07) is 1.25. The molecule has 4 heterocycles. The Hall–Kier alpha value is -2.32. The van der Waals surface area contributed by atoms with Crippen LogP contribution in [-0.4, -0.2) is 44.7 Å². The van der Waals surface area contributed by atoms with Crippen molar-refractivity contribution in [2.45, 2.75) is 39.0 Å². The molecule has 2 atom stereocenters. The summed E-state index contributed by atoms with van der Waals surface area (Å²) in [5.74, 6) is -0.738. The maximum atomic E-state index is 12.3. The Balaban J connectivity index is 1.85. The van der Waals surface area contributed by atoms with Crippen LogP contribution < -0.4 is 10.2 Å². The summed E-state index contributed by atoms with van der Waals surface area (Å²) in [6.07, 6.45) is 2.07. The SMILES string of the molecule is CC(C)[C@@H]1Cn2nc(O[C@H]3CCOC3)c(Cl)c2-c2cc(=O)c(C(=O)O)cn21. The summed E-state index contributed by atoms with van der Waals surface area (Å²) >= 11 is 6.55. The number of aromatic carboxylic acids is 1. The monoisotopic (exact) mass is 393 g/mol. The van der Waals surface area contributed by atoms with E-state index in [-0.39, 0.29) is 23.6 Å². The molecule has 0 spiro atoms. The molecule has 1 saturated heterocycles. The largest absolute Gasteiger partial charge is 0.477 e. The van der Waals surface area contributed by atoms with Gasteiger partial charge in [-0.25, -0.2) is 4.79 Å². The fraction of sp³-hybridized carbons (Fsp3) is 0.500. The molecule has 9 heteroatoms. The van der Waals surface area contributed by atoms with E-state index in [1.54, 1.807) is 4.68 Å². The molecule has 144 valence electrons. The van der Waals surface area contributed by atoms with Crippen LogP contribution in [-0.2, 0) is 11.3 Å². The third kappa shape index (κ3) is 3.02. The van der Waals surface area contributed by atoms with Gasteiger partial charge in [0.05, 0.1) is 31.5 Å². The Morgan fingerprint density at radius 1 is 1.48 bits per heavy atom. The van der Waals surface area contributed by atoms with Crippen molar-refractivity contribution >= 4 is 17.6 Å². The molecule has 1 fully saturated rings. The van der Waals surface area contributed by atoms with E-state index in [0.29, 0.717) is 42.0 Å². The lowest BCUT2D eigenvalue weighted by Crippen LogP contribution is -2.31. The third-order valence-corrected chi connectivity index (χ3v) is 5.41. The van der Waals surface area contributed by atoms with Crippen molar-refractivity contribution < 1.29 is 19.4 Å². The molecule has 4 rings (SSSR count). The van der Waals surface area contributed by atoms with E-state index in [1.807, 2.05) is 18.4 Å². The predicted octanol–water partition coefficient (Wildman–Crippen LogP) is 2.44. The van der Waals surface area contributed by atoms with E-state index in [9.17, 15) is 14.7 Å². The molecule has 27 heavy (non-hydrogen) atoms. The number of ether oxygens (including phenoxy) is 2. The van der Waals surface area contributed by atoms with Gasteiger partial charge in [0, 0.05) is 18.7 Å². The first kappa shape index (κ1) is 18.1. The quantitative estimate of drug-likeness (QED) is 0.857. The van der Waals surface area contributed by atoms with Crippen LogP contribution in [0.4, 0.5) is 0 Å². The number of pyridine rings is 1. The zero-order valence-corrected chi connectivity index (χ0v) is 15.8. The molecular weight excluding hydrogens is 374 g/mol. The molecule has 0 aliphatic carbocycles. The molecule has 2 aromatic rings. The highest BCUT2D eigenvalue weighted by molar-refractivity contribution is 6.34. The van der Waals surface area contributed by atoms with Crippen molar-refractivity contribution in [2.75, 3.05) is 13.2 Å². The minimum atomic E-state index is -1.24. The number of rotatable bonds is 4. The van der Waals surface area contributed by atoms with E-state index in [0.717, 1.165) is 6.42 Å². The number of fused-ring (bicyclic) bond motifs is 3. The molecule has 1 N–H and O–H groups in total. The normalized spacial score (nSPS) is 21.2. The smallest absolute Gasteiger partial charge is 0.341 e. The molecule has 0 aromatic carbocycles. The number of carbonyl (C=O) groups is 1. The van der Waals surface area contributed by atoms with Crippen molar-refractivity contribution in [3.05, 3.63) is 33.1 Å². The van der Waals surface area contributed by atoms with Crippen LogP contribution in [0.5, 0.6) is 5.88 Å². The van der Waals surface area contributed by atoms with Crippen LogP contribution in [0, 0.1) is 5.92 Å². The fourth-order valence-corrected chi connectivity index (χ4v) is 3.88. The molecule has 0 unspecified atom stereocenters. The molecule has 2 aliphatic heterocycles. The lowest BCUT2D eigenvalue weighted by molar-refractivity contribution is 0.0694. The highest BCUT2D eigenvalue weighted by Crippen LogP contribution is 2.41. The highest BCUT2D eigenvalue weighted by Gasteiger charge is 2.33. The highest BCUT2D eigenvalue weighted by atomic mass is 35.5. The number of nitrogens with zero attached hydrogens (tertiary/aromatic N) is 3. The van der Waals surface area contributed by atoms with E-state index in [1.165, 1.54) is 12.3 Å². The Morgan fingerprint density at radius 2 is 2.26 bits per heavy atom. The van der Waals surface area contributed by atoms with Crippen LogP contribution in [0.3, 0.4) is 0 Å². The molecule has 8 nitrogen and oxygen atoms in total. The fourth-order valence-electron chi connectivity index (χ4n) is 3.61. The Kier molecular flexibility index (Phi) is 4.47. The lowest BCUT2D eigenvalue weighted by Gasteiger charge is -2.32. The van der Waals surface area contributed by atoms with Crippen molar-refractivity contribution in [3.8, 4) is 17.3 Å². The molecule has 0 radical (unpaired) electrons. The first-order valence-corrected chi connectivity index (χ1v) is 9.25. The average molecular weight is 394 g/mol. The molecule has 2 aliphatic rings. The van der Waals surface area contributed by atoms with Crippen molar-refractivity contribution in [3.63, 3.8) is 0 Å². The average Bonchev–Trinajstić information content (AvgIpc) is 3.22. The zero-order chi connectivity index (χ0) is 19.3. The number of aromatic nitrogens is 3. The van der Waals surface area contributed by atoms with Gasteiger partial charge in [0.1, 0.15) is 22.4 Å². The molecular formula is C18H20ClN3O5. The Bertz CT molecular complexity index is 959. The maximum Gasteiger partial charge on any atom is 0.341 e. The van der Waals surface area contributed by atoms with Gasteiger partial charge in [-0.2, -0.15) is 0 Å². The van der Waals surface area contributed by atoms with Crippen molar-refractivity contribution in [2.24, 2.45) is 5.92 Å². The molecule has 0 amide bonds. The van der Waals surface area contributed by atoms with Gasteiger partial charge >= 0.3 is 5.97 Å². The van der Waals surface area contributed by atoms with Gasteiger partial charge in [-0.3, -0.25) is 9.48 Å². The van der Waals surface area contributed by atoms with Gasteiger partial charge in [-0.05, 0) is 5.92 Å². The van der Waals surface area contributed by atoms with Crippen LogP contribution in [0.15, 0.2) is 17.1 Å².